The van der Waals surface area contributed by atoms with Crippen molar-refractivity contribution in [2.24, 2.45) is 4.99 Å². The van der Waals surface area contributed by atoms with Crippen molar-refractivity contribution in [1.82, 2.24) is 9.80 Å². The Morgan fingerprint density at radius 2 is 2.14 bits per heavy atom. The number of fused-ring (bicyclic) bond motifs is 1. The molecule has 2 heterocycles. The average Bonchev–Trinajstić information content (AvgIpc) is 2.66. The monoisotopic (exact) mass is 424 g/mol. The molecular weight excluding hydrogens is 408 g/mol. The first-order valence-electron chi connectivity index (χ1n) is 8.23. The van der Waals surface area contributed by atoms with Crippen molar-refractivity contribution in [2.45, 2.75) is 18.0 Å². The van der Waals surface area contributed by atoms with Crippen molar-refractivity contribution in [2.75, 3.05) is 19.8 Å². The van der Waals surface area contributed by atoms with Gasteiger partial charge in [-0.3, -0.25) is 24.8 Å². The number of carbonyl (C=O) groups excluding carboxylic acids is 2. The second-order valence-electron chi connectivity index (χ2n) is 6.34. The predicted molar refractivity (Wildman–Crippen MR) is 105 cm³/mol. The Morgan fingerprint density at radius 1 is 1.46 bits per heavy atom. The van der Waals surface area contributed by atoms with Crippen molar-refractivity contribution in [3.05, 3.63) is 50.7 Å². The fourth-order valence-corrected chi connectivity index (χ4v) is 4.23. The molecule has 148 valence electrons. The lowest BCUT2D eigenvalue weighted by molar-refractivity contribution is -0.384. The molecule has 0 saturated carbocycles. The van der Waals surface area contributed by atoms with E-state index in [1.54, 1.807) is 25.3 Å². The van der Waals surface area contributed by atoms with E-state index < -0.39 is 16.9 Å². The quantitative estimate of drug-likeness (QED) is 0.171. The van der Waals surface area contributed by atoms with E-state index in [0.29, 0.717) is 11.3 Å². The van der Waals surface area contributed by atoms with Gasteiger partial charge in [-0.1, -0.05) is 11.6 Å². The number of benzene rings is 1. The summed E-state index contributed by atoms with van der Waals surface area (Å²) in [6.07, 6.45) is 1.56. The molecule has 28 heavy (non-hydrogen) atoms. The standard InChI is InChI=1S/C17H17ClN4O5S/c1-20(2)9-19-13-15(23)21-14(12(18)8-28-16(13)21)17(24)27-7-10-3-5-11(6-4-10)22(25)26/h3-6,9,13,16H,7-8H2,1-2H3/b19-9+/t13?,16-/m1/s1. The molecule has 2 aliphatic rings. The van der Waals surface area contributed by atoms with Gasteiger partial charge in [0.1, 0.15) is 17.7 Å². The number of nitrogens with zero attached hydrogens (tertiary/aromatic N) is 4. The zero-order chi connectivity index (χ0) is 20.4. The Bertz CT molecular complexity index is 871. The molecule has 0 spiro atoms. The maximum atomic E-state index is 12.5. The van der Waals surface area contributed by atoms with E-state index in [4.69, 9.17) is 16.3 Å². The van der Waals surface area contributed by atoms with Gasteiger partial charge in [-0.05, 0) is 17.7 Å². The Hall–Kier alpha value is -2.59. The zero-order valence-corrected chi connectivity index (χ0v) is 16.6. The third kappa shape index (κ3) is 3.97. The van der Waals surface area contributed by atoms with Crippen molar-refractivity contribution in [3.63, 3.8) is 0 Å². The van der Waals surface area contributed by atoms with Crippen LogP contribution in [0.3, 0.4) is 0 Å². The summed E-state index contributed by atoms with van der Waals surface area (Å²) in [4.78, 5) is 42.5. The minimum absolute atomic E-state index is 0.0358. The minimum atomic E-state index is -0.711. The molecule has 0 radical (unpaired) electrons. The second kappa shape index (κ2) is 8.19. The van der Waals surface area contributed by atoms with Crippen molar-refractivity contribution in [3.8, 4) is 0 Å². The fraction of sp³-hybridized carbons (Fsp3) is 0.353. The maximum Gasteiger partial charge on any atom is 0.356 e. The summed E-state index contributed by atoms with van der Waals surface area (Å²) in [5.74, 6) is -0.640. The molecule has 0 N–H and O–H groups in total. The number of esters is 1. The number of halogens is 1. The first kappa shape index (κ1) is 20.2. The number of rotatable bonds is 6. The molecule has 1 amide bonds. The van der Waals surface area contributed by atoms with Crippen LogP contribution in [0.5, 0.6) is 0 Å². The molecule has 3 rings (SSSR count). The number of β-lactam (4-membered cyclic amide) rings is 1. The molecule has 9 nitrogen and oxygen atoms in total. The highest BCUT2D eigenvalue weighted by Gasteiger charge is 2.53. The number of amides is 1. The molecule has 2 atom stereocenters. The van der Waals surface area contributed by atoms with Gasteiger partial charge in [-0.15, -0.1) is 11.8 Å². The lowest BCUT2D eigenvalue weighted by atomic mass is 10.1. The summed E-state index contributed by atoms with van der Waals surface area (Å²) < 4.78 is 5.27. The van der Waals surface area contributed by atoms with Crippen LogP contribution in [0.25, 0.3) is 0 Å². The summed E-state index contributed by atoms with van der Waals surface area (Å²) in [5, 5.41) is 10.6. The molecular formula is C17H17ClN4O5S. The first-order valence-corrected chi connectivity index (χ1v) is 9.65. The highest BCUT2D eigenvalue weighted by molar-refractivity contribution is 8.00. The van der Waals surface area contributed by atoms with E-state index in [1.165, 1.54) is 40.9 Å². The van der Waals surface area contributed by atoms with Crippen molar-refractivity contribution in [1.29, 1.82) is 0 Å². The number of aliphatic imine (C=N–C) groups is 1. The number of non-ortho nitro benzene ring substituents is 1. The third-order valence-corrected chi connectivity index (χ3v) is 5.80. The van der Waals surface area contributed by atoms with Gasteiger partial charge in [0, 0.05) is 32.0 Å². The lowest BCUT2D eigenvalue weighted by Crippen LogP contribution is -2.64. The van der Waals surface area contributed by atoms with Crippen LogP contribution in [0.1, 0.15) is 5.56 Å². The van der Waals surface area contributed by atoms with E-state index in [2.05, 4.69) is 4.99 Å². The fourth-order valence-electron chi connectivity index (χ4n) is 2.69. The number of nitro groups is 1. The van der Waals surface area contributed by atoms with Crippen LogP contribution in [0.4, 0.5) is 5.69 Å². The Kier molecular flexibility index (Phi) is 5.90. The largest absolute Gasteiger partial charge is 0.456 e. The van der Waals surface area contributed by atoms with Gasteiger partial charge in [0.25, 0.3) is 11.6 Å². The Balaban J connectivity index is 1.67. The van der Waals surface area contributed by atoms with E-state index in [-0.39, 0.29) is 34.3 Å². The molecule has 11 heteroatoms. The molecule has 0 aromatic heterocycles. The highest BCUT2D eigenvalue weighted by Crippen LogP contribution is 2.42. The summed E-state index contributed by atoms with van der Waals surface area (Å²) in [6.45, 7) is -0.0907. The normalized spacial score (nSPS) is 21.4. The highest BCUT2D eigenvalue weighted by atomic mass is 35.5. The molecule has 1 unspecified atom stereocenters. The number of thioether (sulfide) groups is 1. The van der Waals surface area contributed by atoms with Gasteiger partial charge in [0.15, 0.2) is 6.04 Å². The summed E-state index contributed by atoms with van der Waals surface area (Å²) in [5.41, 5.74) is 0.568. The number of carbonyl (C=O) groups is 2. The van der Waals surface area contributed by atoms with E-state index >= 15 is 0 Å². The number of hydrogen-bond donors (Lipinski definition) is 0. The summed E-state index contributed by atoms with van der Waals surface area (Å²) in [7, 11) is 3.60. The van der Waals surface area contributed by atoms with E-state index in [9.17, 15) is 19.7 Å². The van der Waals surface area contributed by atoms with Gasteiger partial charge in [0.05, 0.1) is 16.3 Å². The smallest absolute Gasteiger partial charge is 0.356 e. The predicted octanol–water partition coefficient (Wildman–Crippen LogP) is 1.96. The van der Waals surface area contributed by atoms with Crippen LogP contribution >= 0.6 is 23.4 Å². The zero-order valence-electron chi connectivity index (χ0n) is 15.1. The lowest BCUT2D eigenvalue weighted by Gasteiger charge is -2.47. The number of hydrogen-bond acceptors (Lipinski definition) is 7. The molecule has 0 aliphatic carbocycles. The molecule has 1 fully saturated rings. The molecule has 0 bridgehead atoms. The van der Waals surface area contributed by atoms with Gasteiger partial charge < -0.3 is 9.64 Å². The van der Waals surface area contributed by atoms with Crippen LogP contribution in [-0.2, 0) is 20.9 Å². The van der Waals surface area contributed by atoms with Crippen LogP contribution < -0.4 is 0 Å². The van der Waals surface area contributed by atoms with Crippen molar-refractivity contribution >= 4 is 47.3 Å². The molecule has 1 aromatic carbocycles. The van der Waals surface area contributed by atoms with Gasteiger partial charge in [0.2, 0.25) is 0 Å². The number of nitro benzene ring substituents is 1. The summed E-state index contributed by atoms with van der Waals surface area (Å²) in [6, 6.07) is 5.10. The maximum absolute atomic E-state index is 12.5. The van der Waals surface area contributed by atoms with Crippen LogP contribution in [0, 0.1) is 10.1 Å². The molecule has 2 aliphatic heterocycles. The first-order chi connectivity index (χ1) is 13.3. The van der Waals surface area contributed by atoms with Gasteiger partial charge in [-0.25, -0.2) is 4.79 Å². The van der Waals surface area contributed by atoms with E-state index in [1.807, 2.05) is 0 Å². The Labute approximate surface area is 170 Å². The third-order valence-electron chi connectivity index (χ3n) is 4.06. The number of ether oxygens (including phenoxy) is 1. The SMILES string of the molecule is CN(C)/C=N/C1C(=O)N2C(C(=O)OCc3ccc([N+](=O)[O-])cc3)=C(Cl)CS[C@H]12. The minimum Gasteiger partial charge on any atom is -0.456 e. The van der Waals surface area contributed by atoms with Crippen molar-refractivity contribution < 1.29 is 19.2 Å². The molecule has 1 aromatic rings. The molecule has 1 saturated heterocycles. The van der Waals surface area contributed by atoms with Gasteiger partial charge in [-0.2, -0.15) is 0 Å². The van der Waals surface area contributed by atoms with Gasteiger partial charge >= 0.3 is 5.97 Å². The van der Waals surface area contributed by atoms with E-state index in [0.717, 1.165) is 0 Å². The topological polar surface area (TPSA) is 105 Å². The second-order valence-corrected chi connectivity index (χ2v) is 7.90. The van der Waals surface area contributed by atoms with Crippen LogP contribution in [0.15, 0.2) is 40.0 Å². The van der Waals surface area contributed by atoms with Crippen LogP contribution in [-0.4, -0.2) is 64.2 Å². The Morgan fingerprint density at radius 3 is 2.75 bits per heavy atom. The average molecular weight is 425 g/mol. The van der Waals surface area contributed by atoms with Crippen LogP contribution in [0.2, 0.25) is 0 Å². The summed E-state index contributed by atoms with van der Waals surface area (Å²) >= 11 is 7.63.